The minimum absolute atomic E-state index is 0.159. The van der Waals surface area contributed by atoms with E-state index in [1.54, 1.807) is 7.05 Å². The predicted octanol–water partition coefficient (Wildman–Crippen LogP) is 2.47. The van der Waals surface area contributed by atoms with Gasteiger partial charge in [-0.05, 0) is 12.1 Å². The Hall–Kier alpha value is -2.24. The maximum Gasteiger partial charge on any atom is 0.187 e. The van der Waals surface area contributed by atoms with Crippen LogP contribution in [-0.4, -0.2) is 24.1 Å². The van der Waals surface area contributed by atoms with E-state index in [0.29, 0.717) is 11.6 Å². The molecule has 0 saturated carbocycles. The number of anilines is 1. The summed E-state index contributed by atoms with van der Waals surface area (Å²) in [6, 6.07) is 3.28. The average Bonchev–Trinajstić information content (AvgIpc) is 2.37. The fourth-order valence-corrected chi connectivity index (χ4v) is 1.62. The third-order valence-corrected chi connectivity index (χ3v) is 2.43. The van der Waals surface area contributed by atoms with E-state index in [-0.39, 0.29) is 11.3 Å². The van der Waals surface area contributed by atoms with Crippen molar-refractivity contribution in [3.05, 3.63) is 36.2 Å². The molecule has 0 fully saturated rings. The smallest absolute Gasteiger partial charge is 0.187 e. The maximum absolute atomic E-state index is 13.7. The molecule has 0 spiro atoms. The molecule has 0 atom stereocenters. The van der Waals surface area contributed by atoms with Crippen molar-refractivity contribution in [2.45, 2.75) is 0 Å². The van der Waals surface area contributed by atoms with Crippen LogP contribution in [0.3, 0.4) is 0 Å². The fourth-order valence-electron chi connectivity index (χ4n) is 1.62. The normalized spacial score (nSPS) is 10.2. The highest BCUT2D eigenvalue weighted by Crippen LogP contribution is 2.34. The largest absolute Gasteiger partial charge is 0.491 e. The number of ether oxygens (including phenoxy) is 1. The van der Waals surface area contributed by atoms with Crippen LogP contribution >= 0.6 is 0 Å². The van der Waals surface area contributed by atoms with E-state index in [1.165, 1.54) is 25.6 Å². The number of halogens is 2. The molecule has 1 N–H and O–H groups in total. The first-order chi connectivity index (χ1) is 8.67. The van der Waals surface area contributed by atoms with Crippen molar-refractivity contribution in [3.8, 4) is 17.0 Å². The summed E-state index contributed by atoms with van der Waals surface area (Å²) in [5, 5.41) is 2.81. The zero-order valence-electron chi connectivity index (χ0n) is 9.87. The Bertz CT molecular complexity index is 575. The second-order valence-electron chi connectivity index (χ2n) is 3.48. The van der Waals surface area contributed by atoms with Crippen molar-refractivity contribution < 1.29 is 13.5 Å². The van der Waals surface area contributed by atoms with Gasteiger partial charge in [-0.2, -0.15) is 0 Å². The van der Waals surface area contributed by atoms with E-state index in [4.69, 9.17) is 4.74 Å². The molecule has 0 aliphatic rings. The summed E-state index contributed by atoms with van der Waals surface area (Å²) in [5.74, 6) is -0.594. The average molecular weight is 251 g/mol. The number of hydrogen-bond acceptors (Lipinski definition) is 4. The van der Waals surface area contributed by atoms with E-state index in [0.717, 1.165) is 6.07 Å². The second kappa shape index (κ2) is 4.95. The first-order valence-corrected chi connectivity index (χ1v) is 5.19. The number of methoxy groups -OCH3 is 1. The number of hydrogen-bond donors (Lipinski definition) is 1. The lowest BCUT2D eigenvalue weighted by Crippen LogP contribution is -2.01. The molecular weight excluding hydrogens is 240 g/mol. The Morgan fingerprint density at radius 2 is 2.00 bits per heavy atom. The number of nitrogens with zero attached hydrogens (tertiary/aromatic N) is 2. The molecule has 2 aromatic rings. The number of nitrogens with one attached hydrogen (secondary N) is 1. The summed E-state index contributed by atoms with van der Waals surface area (Å²) in [5.41, 5.74) is 0.432. The van der Waals surface area contributed by atoms with Gasteiger partial charge in [0, 0.05) is 18.7 Å². The summed E-state index contributed by atoms with van der Waals surface area (Å²) in [7, 11) is 3.10. The minimum atomic E-state index is -0.700. The highest BCUT2D eigenvalue weighted by atomic mass is 19.1. The molecule has 0 aliphatic heterocycles. The van der Waals surface area contributed by atoms with Crippen LogP contribution in [0.2, 0.25) is 0 Å². The van der Waals surface area contributed by atoms with Crippen LogP contribution in [0, 0.1) is 11.6 Å². The second-order valence-corrected chi connectivity index (χ2v) is 3.48. The lowest BCUT2D eigenvalue weighted by molar-refractivity contribution is 0.414. The molecule has 0 aliphatic carbocycles. The van der Waals surface area contributed by atoms with Crippen LogP contribution in [0.1, 0.15) is 0 Å². The molecule has 1 heterocycles. The SMILES string of the molecule is CNc1ncnc(-c2ccc(F)cc2F)c1OC. The molecule has 0 unspecified atom stereocenters. The first-order valence-electron chi connectivity index (χ1n) is 5.19. The van der Waals surface area contributed by atoms with Crippen molar-refractivity contribution >= 4 is 5.82 Å². The minimum Gasteiger partial charge on any atom is -0.491 e. The Kier molecular flexibility index (Phi) is 3.36. The van der Waals surface area contributed by atoms with Crippen molar-refractivity contribution in [1.82, 2.24) is 9.97 Å². The Morgan fingerprint density at radius 1 is 1.22 bits per heavy atom. The third-order valence-electron chi connectivity index (χ3n) is 2.43. The van der Waals surface area contributed by atoms with Crippen LogP contribution in [0.5, 0.6) is 5.75 Å². The van der Waals surface area contributed by atoms with Crippen LogP contribution in [0.25, 0.3) is 11.3 Å². The first kappa shape index (κ1) is 12.2. The predicted molar refractivity (Wildman–Crippen MR) is 63.5 cm³/mol. The molecule has 6 heteroatoms. The molecule has 18 heavy (non-hydrogen) atoms. The van der Waals surface area contributed by atoms with Gasteiger partial charge in [0.2, 0.25) is 0 Å². The van der Waals surface area contributed by atoms with E-state index < -0.39 is 11.6 Å². The molecule has 0 radical (unpaired) electrons. The van der Waals surface area contributed by atoms with Crippen LogP contribution in [0.4, 0.5) is 14.6 Å². The van der Waals surface area contributed by atoms with Crippen LogP contribution in [0.15, 0.2) is 24.5 Å². The summed E-state index contributed by atoms with van der Waals surface area (Å²) < 4.78 is 31.7. The molecule has 0 bridgehead atoms. The van der Waals surface area contributed by atoms with Gasteiger partial charge in [-0.25, -0.2) is 18.7 Å². The summed E-state index contributed by atoms with van der Waals surface area (Å²) in [6.45, 7) is 0. The van der Waals surface area contributed by atoms with Crippen LogP contribution < -0.4 is 10.1 Å². The zero-order chi connectivity index (χ0) is 13.1. The van der Waals surface area contributed by atoms with Crippen molar-refractivity contribution in [1.29, 1.82) is 0 Å². The zero-order valence-corrected chi connectivity index (χ0v) is 9.87. The van der Waals surface area contributed by atoms with Gasteiger partial charge in [0.05, 0.1) is 7.11 Å². The maximum atomic E-state index is 13.7. The van der Waals surface area contributed by atoms with Gasteiger partial charge < -0.3 is 10.1 Å². The van der Waals surface area contributed by atoms with E-state index in [1.807, 2.05) is 0 Å². The Morgan fingerprint density at radius 3 is 2.61 bits per heavy atom. The number of benzene rings is 1. The third kappa shape index (κ3) is 2.09. The van der Waals surface area contributed by atoms with Crippen molar-refractivity contribution in [2.24, 2.45) is 0 Å². The molecule has 4 nitrogen and oxygen atoms in total. The molecule has 2 rings (SSSR count). The molecule has 1 aromatic carbocycles. The molecule has 1 aromatic heterocycles. The Balaban J connectivity index is 2.63. The van der Waals surface area contributed by atoms with Gasteiger partial charge in [-0.3, -0.25) is 0 Å². The molecular formula is C12H11F2N3O. The van der Waals surface area contributed by atoms with E-state index >= 15 is 0 Å². The van der Waals surface area contributed by atoms with E-state index in [2.05, 4.69) is 15.3 Å². The van der Waals surface area contributed by atoms with Gasteiger partial charge in [0.15, 0.2) is 11.6 Å². The fraction of sp³-hybridized carbons (Fsp3) is 0.167. The number of aromatic nitrogens is 2. The van der Waals surface area contributed by atoms with Gasteiger partial charge >= 0.3 is 0 Å². The molecule has 94 valence electrons. The van der Waals surface area contributed by atoms with Gasteiger partial charge in [0.25, 0.3) is 0 Å². The molecule has 0 saturated heterocycles. The van der Waals surface area contributed by atoms with Crippen LogP contribution in [-0.2, 0) is 0 Å². The number of rotatable bonds is 3. The topological polar surface area (TPSA) is 47.0 Å². The highest BCUT2D eigenvalue weighted by Gasteiger charge is 2.16. The van der Waals surface area contributed by atoms with Crippen molar-refractivity contribution in [3.63, 3.8) is 0 Å². The van der Waals surface area contributed by atoms with Gasteiger partial charge in [0.1, 0.15) is 23.7 Å². The van der Waals surface area contributed by atoms with Gasteiger partial charge in [-0.1, -0.05) is 0 Å². The lowest BCUT2D eigenvalue weighted by atomic mass is 10.1. The van der Waals surface area contributed by atoms with Gasteiger partial charge in [-0.15, -0.1) is 0 Å². The lowest BCUT2D eigenvalue weighted by Gasteiger charge is -2.11. The standard InChI is InChI=1S/C12H11F2N3O/c1-15-12-11(18-2)10(16-6-17-12)8-4-3-7(13)5-9(8)14/h3-6H,1-2H3,(H,15,16,17). The highest BCUT2D eigenvalue weighted by molar-refractivity contribution is 5.72. The monoisotopic (exact) mass is 251 g/mol. The summed E-state index contributed by atoms with van der Waals surface area (Å²) >= 11 is 0. The van der Waals surface area contributed by atoms with E-state index in [9.17, 15) is 8.78 Å². The summed E-state index contributed by atoms with van der Waals surface area (Å²) in [6.07, 6.45) is 1.28. The Labute approximate surface area is 103 Å². The summed E-state index contributed by atoms with van der Waals surface area (Å²) in [4.78, 5) is 7.94. The van der Waals surface area contributed by atoms with Crippen molar-refractivity contribution in [2.75, 3.05) is 19.5 Å². The quantitative estimate of drug-likeness (QED) is 0.910. The molecule has 0 amide bonds.